The van der Waals surface area contributed by atoms with Crippen LogP contribution in [0.15, 0.2) is 5.16 Å². The van der Waals surface area contributed by atoms with Gasteiger partial charge in [-0.05, 0) is 45.4 Å². The van der Waals surface area contributed by atoms with Crippen LogP contribution in [-0.4, -0.2) is 77.2 Å². The van der Waals surface area contributed by atoms with E-state index in [4.69, 9.17) is 4.74 Å². The highest BCUT2D eigenvalue weighted by Crippen LogP contribution is 2.18. The second kappa shape index (κ2) is 10.6. The predicted octanol–water partition coefficient (Wildman–Crippen LogP) is 1.85. The largest absolute Gasteiger partial charge is 0.465 e. The average molecular weight is 395 g/mol. The van der Waals surface area contributed by atoms with Crippen LogP contribution in [0, 0.1) is 13.8 Å². The van der Waals surface area contributed by atoms with Gasteiger partial charge in [0.05, 0.1) is 13.2 Å². The number of hydrogen-bond donors (Lipinski definition) is 0. The normalized spacial score (nSPS) is 15.5. The van der Waals surface area contributed by atoms with Crippen LogP contribution in [0.2, 0.25) is 0 Å². The lowest BCUT2D eigenvalue weighted by Crippen LogP contribution is -2.37. The first-order valence-corrected chi connectivity index (χ1v) is 10.7. The van der Waals surface area contributed by atoms with Crippen LogP contribution in [0.25, 0.3) is 0 Å². The average Bonchev–Trinajstić information content (AvgIpc) is 2.86. The van der Waals surface area contributed by atoms with Crippen molar-refractivity contribution in [2.45, 2.75) is 45.2 Å². The van der Waals surface area contributed by atoms with Gasteiger partial charge >= 0.3 is 5.97 Å². The molecule has 27 heavy (non-hydrogen) atoms. The molecule has 2 rings (SSSR count). The molecule has 7 nitrogen and oxygen atoms in total. The standard InChI is InChI=1S/C19H30N4O3S/c1-5-26-18(25)13-22-9-6-10-23(12-11-22)17(24)8-7-16-14(2)20-19(27-4)21-15(16)3/h5-13H2,1-4H3. The van der Waals surface area contributed by atoms with Crippen LogP contribution in [0.3, 0.4) is 0 Å². The molecule has 1 aromatic heterocycles. The van der Waals surface area contributed by atoms with Crippen molar-refractivity contribution in [1.82, 2.24) is 19.8 Å². The maximum absolute atomic E-state index is 12.7. The van der Waals surface area contributed by atoms with Gasteiger partial charge in [-0.1, -0.05) is 11.8 Å². The highest BCUT2D eigenvalue weighted by Gasteiger charge is 2.21. The SMILES string of the molecule is CCOC(=O)CN1CCCN(C(=O)CCc2c(C)nc(SC)nc2C)CC1. The van der Waals surface area contributed by atoms with Crippen molar-refractivity contribution < 1.29 is 14.3 Å². The van der Waals surface area contributed by atoms with E-state index in [2.05, 4.69) is 14.9 Å². The minimum Gasteiger partial charge on any atom is -0.465 e. The van der Waals surface area contributed by atoms with Gasteiger partial charge in [-0.15, -0.1) is 0 Å². The van der Waals surface area contributed by atoms with Gasteiger partial charge < -0.3 is 9.64 Å². The summed E-state index contributed by atoms with van der Waals surface area (Å²) in [6, 6.07) is 0. The lowest BCUT2D eigenvalue weighted by atomic mass is 10.1. The molecule has 0 saturated carbocycles. The lowest BCUT2D eigenvalue weighted by Gasteiger charge is -2.22. The Kier molecular flexibility index (Phi) is 8.50. The molecule has 1 aliphatic rings. The first-order chi connectivity index (χ1) is 12.9. The van der Waals surface area contributed by atoms with Gasteiger partial charge in [-0.3, -0.25) is 14.5 Å². The van der Waals surface area contributed by atoms with Gasteiger partial charge in [-0.2, -0.15) is 0 Å². The van der Waals surface area contributed by atoms with Crippen LogP contribution in [0.1, 0.15) is 36.7 Å². The van der Waals surface area contributed by atoms with E-state index in [1.165, 1.54) is 11.8 Å². The van der Waals surface area contributed by atoms with Crippen LogP contribution >= 0.6 is 11.8 Å². The molecule has 8 heteroatoms. The Balaban J connectivity index is 1.87. The molecule has 0 aromatic carbocycles. The molecule has 0 aliphatic carbocycles. The van der Waals surface area contributed by atoms with E-state index in [1.54, 1.807) is 0 Å². The fraction of sp³-hybridized carbons (Fsp3) is 0.684. The van der Waals surface area contributed by atoms with Crippen molar-refractivity contribution in [2.24, 2.45) is 0 Å². The van der Waals surface area contributed by atoms with Gasteiger partial charge in [0.15, 0.2) is 5.16 Å². The highest BCUT2D eigenvalue weighted by atomic mass is 32.2. The smallest absolute Gasteiger partial charge is 0.320 e. The van der Waals surface area contributed by atoms with E-state index >= 15 is 0 Å². The molecule has 0 atom stereocenters. The number of aryl methyl sites for hydroxylation is 2. The maximum atomic E-state index is 12.7. The molecule has 150 valence electrons. The van der Waals surface area contributed by atoms with Crippen molar-refractivity contribution in [3.8, 4) is 0 Å². The highest BCUT2D eigenvalue weighted by molar-refractivity contribution is 7.98. The first-order valence-electron chi connectivity index (χ1n) is 9.48. The molecule has 0 unspecified atom stereocenters. The molecule has 0 N–H and O–H groups in total. The van der Waals surface area contributed by atoms with E-state index in [1.807, 2.05) is 31.9 Å². The Morgan fingerprint density at radius 1 is 1.11 bits per heavy atom. The quantitative estimate of drug-likeness (QED) is 0.397. The minimum absolute atomic E-state index is 0.153. The number of ether oxygens (including phenoxy) is 1. The number of rotatable bonds is 7. The van der Waals surface area contributed by atoms with E-state index in [-0.39, 0.29) is 11.9 Å². The summed E-state index contributed by atoms with van der Waals surface area (Å²) in [4.78, 5) is 37.3. The zero-order chi connectivity index (χ0) is 19.8. The third-order valence-corrected chi connectivity index (χ3v) is 5.32. The van der Waals surface area contributed by atoms with Crippen molar-refractivity contribution in [3.05, 3.63) is 17.0 Å². The summed E-state index contributed by atoms with van der Waals surface area (Å²) >= 11 is 1.53. The van der Waals surface area contributed by atoms with E-state index in [0.29, 0.717) is 39.1 Å². The summed E-state index contributed by atoms with van der Waals surface area (Å²) in [5.41, 5.74) is 2.98. The molecule has 1 aliphatic heterocycles. The maximum Gasteiger partial charge on any atom is 0.320 e. The number of carbonyl (C=O) groups is 2. The number of carbonyl (C=O) groups excluding carboxylic acids is 2. The Morgan fingerprint density at radius 3 is 2.44 bits per heavy atom. The van der Waals surface area contributed by atoms with Crippen molar-refractivity contribution in [1.29, 1.82) is 0 Å². The van der Waals surface area contributed by atoms with E-state index in [9.17, 15) is 9.59 Å². The van der Waals surface area contributed by atoms with Crippen molar-refractivity contribution >= 4 is 23.6 Å². The van der Waals surface area contributed by atoms with Gasteiger partial charge in [0.25, 0.3) is 0 Å². The third kappa shape index (κ3) is 6.46. The summed E-state index contributed by atoms with van der Waals surface area (Å²) in [6.07, 6.45) is 3.95. The Labute approximate surface area is 165 Å². The Hall–Kier alpha value is -1.67. The molecule has 2 heterocycles. The lowest BCUT2D eigenvalue weighted by molar-refractivity contribution is -0.144. The van der Waals surface area contributed by atoms with Gasteiger partial charge in [0.2, 0.25) is 5.91 Å². The first kappa shape index (κ1) is 21.6. The zero-order valence-corrected chi connectivity index (χ0v) is 17.6. The molecular weight excluding hydrogens is 364 g/mol. The van der Waals surface area contributed by atoms with Crippen LogP contribution in [0.5, 0.6) is 0 Å². The summed E-state index contributed by atoms with van der Waals surface area (Å²) in [7, 11) is 0. The van der Waals surface area contributed by atoms with Crippen molar-refractivity contribution in [3.63, 3.8) is 0 Å². The molecule has 0 spiro atoms. The molecular formula is C19H30N4O3S. The van der Waals surface area contributed by atoms with Gasteiger partial charge in [-0.25, -0.2) is 9.97 Å². The topological polar surface area (TPSA) is 75.6 Å². The van der Waals surface area contributed by atoms with Crippen LogP contribution < -0.4 is 0 Å². The zero-order valence-electron chi connectivity index (χ0n) is 16.8. The Morgan fingerprint density at radius 2 is 1.81 bits per heavy atom. The molecule has 1 amide bonds. The van der Waals surface area contributed by atoms with Crippen LogP contribution in [0.4, 0.5) is 0 Å². The predicted molar refractivity (Wildman–Crippen MR) is 106 cm³/mol. The van der Waals surface area contributed by atoms with Crippen LogP contribution in [-0.2, 0) is 20.7 Å². The summed E-state index contributed by atoms with van der Waals surface area (Å²) < 4.78 is 5.01. The van der Waals surface area contributed by atoms with Gasteiger partial charge in [0, 0.05) is 44.0 Å². The number of aromatic nitrogens is 2. The molecule has 0 radical (unpaired) electrons. The van der Waals surface area contributed by atoms with E-state index in [0.717, 1.165) is 41.6 Å². The summed E-state index contributed by atoms with van der Waals surface area (Å²) in [5, 5.41) is 0.772. The number of thioether (sulfide) groups is 1. The van der Waals surface area contributed by atoms with Gasteiger partial charge in [0.1, 0.15) is 0 Å². The number of hydrogen-bond acceptors (Lipinski definition) is 7. The van der Waals surface area contributed by atoms with Crippen molar-refractivity contribution in [2.75, 3.05) is 45.6 Å². The third-order valence-electron chi connectivity index (χ3n) is 4.77. The fourth-order valence-corrected chi connectivity index (χ4v) is 3.78. The number of amides is 1. The van der Waals surface area contributed by atoms with E-state index < -0.39 is 0 Å². The number of esters is 1. The molecule has 1 fully saturated rings. The molecule has 1 saturated heterocycles. The summed E-state index contributed by atoms with van der Waals surface area (Å²) in [5.74, 6) is -0.0438. The molecule has 1 aromatic rings. The summed E-state index contributed by atoms with van der Waals surface area (Å²) in [6.45, 7) is 9.37. The second-order valence-electron chi connectivity index (χ2n) is 6.68. The fourth-order valence-electron chi connectivity index (χ4n) is 3.32. The molecule has 0 bridgehead atoms. The minimum atomic E-state index is -0.197. The Bertz CT molecular complexity index is 645. The second-order valence-corrected chi connectivity index (χ2v) is 7.45. The monoisotopic (exact) mass is 394 g/mol. The number of nitrogens with zero attached hydrogens (tertiary/aromatic N) is 4.